The second-order valence-corrected chi connectivity index (χ2v) is 7.98. The van der Waals surface area contributed by atoms with Gasteiger partial charge < -0.3 is 15.5 Å². The lowest BCUT2D eigenvalue weighted by molar-refractivity contribution is 0.237. The molecule has 1 aromatic carbocycles. The first-order valence-electron chi connectivity index (χ1n) is 7.40. The molecule has 0 radical (unpaired) electrons. The van der Waals surface area contributed by atoms with E-state index in [2.05, 4.69) is 15.5 Å². The zero-order valence-corrected chi connectivity index (χ0v) is 13.8. The highest BCUT2D eigenvalue weighted by molar-refractivity contribution is 7.91. The van der Waals surface area contributed by atoms with Crippen LogP contribution in [0.1, 0.15) is 13.3 Å². The van der Waals surface area contributed by atoms with Gasteiger partial charge in [0.25, 0.3) is 0 Å². The molecule has 1 saturated heterocycles. The molecular formula is C15H23N3O3S. The van der Waals surface area contributed by atoms with E-state index >= 15 is 0 Å². The zero-order chi connectivity index (χ0) is 16.2. The lowest BCUT2D eigenvalue weighted by Crippen LogP contribution is -2.47. The van der Waals surface area contributed by atoms with Gasteiger partial charge in [-0.05, 0) is 25.5 Å². The van der Waals surface area contributed by atoms with Crippen LogP contribution in [-0.2, 0) is 9.84 Å². The first-order chi connectivity index (χ1) is 10.4. The standard InChI is InChI=1S/C15H23N3O3S/c1-12(18(2)14-6-4-3-5-7-14)10-16-15(19)17-13-8-9-22(20,21)11-13/h3-7,12-13H,8-11H2,1-2H3,(H2,16,17,19)/t12-,13+/m0/s1. The Labute approximate surface area is 131 Å². The summed E-state index contributed by atoms with van der Waals surface area (Å²) in [5, 5.41) is 5.52. The number of hydrogen-bond acceptors (Lipinski definition) is 4. The van der Waals surface area contributed by atoms with Crippen molar-refractivity contribution in [1.82, 2.24) is 10.6 Å². The Balaban J connectivity index is 1.76. The molecule has 0 bridgehead atoms. The maximum atomic E-state index is 11.8. The molecule has 1 fully saturated rings. The quantitative estimate of drug-likeness (QED) is 0.846. The van der Waals surface area contributed by atoms with Crippen molar-refractivity contribution in [3.8, 4) is 0 Å². The fourth-order valence-corrected chi connectivity index (χ4v) is 4.11. The van der Waals surface area contributed by atoms with Crippen LogP contribution in [0.5, 0.6) is 0 Å². The number of nitrogens with zero attached hydrogens (tertiary/aromatic N) is 1. The number of nitrogens with one attached hydrogen (secondary N) is 2. The molecule has 0 aromatic heterocycles. The molecule has 0 saturated carbocycles. The average Bonchev–Trinajstić information content (AvgIpc) is 2.83. The van der Waals surface area contributed by atoms with E-state index in [0.717, 1.165) is 5.69 Å². The van der Waals surface area contributed by atoms with Gasteiger partial charge in [-0.1, -0.05) is 18.2 Å². The number of amides is 2. The smallest absolute Gasteiger partial charge is 0.315 e. The Hall–Kier alpha value is -1.76. The predicted molar refractivity (Wildman–Crippen MR) is 87.9 cm³/mol. The minimum absolute atomic E-state index is 0.0416. The molecule has 2 atom stereocenters. The Morgan fingerprint density at radius 1 is 1.36 bits per heavy atom. The molecule has 0 spiro atoms. The summed E-state index contributed by atoms with van der Waals surface area (Å²) in [6.45, 7) is 2.50. The van der Waals surface area contributed by atoms with Crippen LogP contribution in [0.3, 0.4) is 0 Å². The van der Waals surface area contributed by atoms with Crippen LogP contribution in [0.25, 0.3) is 0 Å². The van der Waals surface area contributed by atoms with Gasteiger partial charge in [0, 0.05) is 31.4 Å². The molecule has 1 heterocycles. The van der Waals surface area contributed by atoms with Crippen molar-refractivity contribution in [3.63, 3.8) is 0 Å². The summed E-state index contributed by atoms with van der Waals surface area (Å²) in [5.41, 5.74) is 1.08. The van der Waals surface area contributed by atoms with Gasteiger partial charge in [-0.2, -0.15) is 0 Å². The van der Waals surface area contributed by atoms with Gasteiger partial charge in [-0.15, -0.1) is 0 Å². The fraction of sp³-hybridized carbons (Fsp3) is 0.533. The molecule has 22 heavy (non-hydrogen) atoms. The number of carbonyl (C=O) groups is 1. The van der Waals surface area contributed by atoms with E-state index in [1.54, 1.807) is 0 Å². The largest absolute Gasteiger partial charge is 0.370 e. The van der Waals surface area contributed by atoms with Crippen molar-refractivity contribution < 1.29 is 13.2 Å². The van der Waals surface area contributed by atoms with Crippen molar-refractivity contribution in [3.05, 3.63) is 30.3 Å². The van der Waals surface area contributed by atoms with Gasteiger partial charge >= 0.3 is 6.03 Å². The Bertz CT molecular complexity index is 604. The molecule has 1 aliphatic rings. The number of likely N-dealkylation sites (N-methyl/N-ethyl adjacent to an activating group) is 1. The third kappa shape index (κ3) is 4.62. The molecule has 2 rings (SSSR count). The minimum atomic E-state index is -2.97. The van der Waals surface area contributed by atoms with Gasteiger partial charge in [0.1, 0.15) is 0 Å². The maximum Gasteiger partial charge on any atom is 0.315 e. The monoisotopic (exact) mass is 325 g/mol. The van der Waals surface area contributed by atoms with Crippen molar-refractivity contribution in [1.29, 1.82) is 0 Å². The van der Waals surface area contributed by atoms with Gasteiger partial charge in [0.15, 0.2) is 9.84 Å². The van der Waals surface area contributed by atoms with Gasteiger partial charge in [0.2, 0.25) is 0 Å². The van der Waals surface area contributed by atoms with E-state index in [0.29, 0.717) is 13.0 Å². The average molecular weight is 325 g/mol. The van der Waals surface area contributed by atoms with Crippen LogP contribution < -0.4 is 15.5 Å². The van der Waals surface area contributed by atoms with Crippen molar-refractivity contribution >= 4 is 21.6 Å². The van der Waals surface area contributed by atoms with Gasteiger partial charge in [-0.25, -0.2) is 13.2 Å². The van der Waals surface area contributed by atoms with Crippen LogP contribution >= 0.6 is 0 Å². The highest BCUT2D eigenvalue weighted by Crippen LogP contribution is 2.14. The van der Waals surface area contributed by atoms with E-state index in [1.165, 1.54) is 0 Å². The summed E-state index contributed by atoms with van der Waals surface area (Å²) < 4.78 is 22.7. The third-order valence-electron chi connectivity index (χ3n) is 3.95. The predicted octanol–water partition coefficient (Wildman–Crippen LogP) is 0.998. The molecule has 1 aromatic rings. The Kier molecular flexibility index (Phi) is 5.28. The first-order valence-corrected chi connectivity index (χ1v) is 9.22. The Morgan fingerprint density at radius 3 is 2.64 bits per heavy atom. The molecule has 0 aliphatic carbocycles. The van der Waals surface area contributed by atoms with E-state index in [9.17, 15) is 13.2 Å². The topological polar surface area (TPSA) is 78.5 Å². The van der Waals surface area contributed by atoms with Gasteiger partial charge in [-0.3, -0.25) is 0 Å². The van der Waals surface area contributed by atoms with Crippen molar-refractivity contribution in [2.45, 2.75) is 25.4 Å². The summed E-state index contributed by atoms with van der Waals surface area (Å²) in [4.78, 5) is 13.9. The van der Waals surface area contributed by atoms with Crippen LogP contribution in [0, 0.1) is 0 Å². The second-order valence-electron chi connectivity index (χ2n) is 5.75. The number of sulfone groups is 1. The second kappa shape index (κ2) is 7.00. The molecule has 122 valence electrons. The van der Waals surface area contributed by atoms with Crippen LogP contribution in [-0.4, -0.2) is 51.6 Å². The first kappa shape index (κ1) is 16.6. The SMILES string of the molecule is C[C@@H](CNC(=O)N[C@@H]1CCS(=O)(=O)C1)N(C)c1ccccc1. The van der Waals surface area contributed by atoms with Crippen LogP contribution in [0.4, 0.5) is 10.5 Å². The van der Waals surface area contributed by atoms with Gasteiger partial charge in [0.05, 0.1) is 11.5 Å². The summed E-state index contributed by atoms with van der Waals surface area (Å²) in [6.07, 6.45) is 0.495. The lowest BCUT2D eigenvalue weighted by atomic mass is 10.2. The summed E-state index contributed by atoms with van der Waals surface area (Å²) in [5.74, 6) is 0.199. The summed E-state index contributed by atoms with van der Waals surface area (Å²) in [7, 11) is -0.997. The highest BCUT2D eigenvalue weighted by atomic mass is 32.2. The third-order valence-corrected chi connectivity index (χ3v) is 5.72. The van der Waals surface area contributed by atoms with Crippen LogP contribution in [0.15, 0.2) is 30.3 Å². The summed E-state index contributed by atoms with van der Waals surface area (Å²) >= 11 is 0. The zero-order valence-electron chi connectivity index (χ0n) is 13.0. The van der Waals surface area contributed by atoms with Crippen LogP contribution in [0.2, 0.25) is 0 Å². The van der Waals surface area contributed by atoms with E-state index in [-0.39, 0.29) is 29.6 Å². The number of anilines is 1. The number of rotatable bonds is 5. The van der Waals surface area contributed by atoms with E-state index in [4.69, 9.17) is 0 Å². The normalized spacial score (nSPS) is 21.1. The van der Waals surface area contributed by atoms with Crippen molar-refractivity contribution in [2.24, 2.45) is 0 Å². The molecular weight excluding hydrogens is 302 g/mol. The molecule has 2 N–H and O–H groups in total. The molecule has 2 amide bonds. The number of para-hydroxylation sites is 1. The molecule has 6 nitrogen and oxygen atoms in total. The minimum Gasteiger partial charge on any atom is -0.370 e. The summed E-state index contributed by atoms with van der Waals surface area (Å²) in [6, 6.07) is 9.48. The molecule has 7 heteroatoms. The Morgan fingerprint density at radius 2 is 2.05 bits per heavy atom. The molecule has 1 aliphatic heterocycles. The number of carbonyl (C=O) groups excluding carboxylic acids is 1. The molecule has 0 unspecified atom stereocenters. The van der Waals surface area contributed by atoms with Crippen molar-refractivity contribution in [2.75, 3.05) is 30.0 Å². The fourth-order valence-electron chi connectivity index (χ4n) is 2.44. The highest BCUT2D eigenvalue weighted by Gasteiger charge is 2.28. The number of hydrogen-bond donors (Lipinski definition) is 2. The lowest BCUT2D eigenvalue weighted by Gasteiger charge is -2.27. The van der Waals surface area contributed by atoms with E-state index in [1.807, 2.05) is 44.3 Å². The van der Waals surface area contributed by atoms with E-state index < -0.39 is 9.84 Å². The number of benzene rings is 1. The maximum absolute atomic E-state index is 11.8. The number of urea groups is 1.